The second kappa shape index (κ2) is 8.54. The molecule has 8 nitrogen and oxygen atoms in total. The van der Waals surface area contributed by atoms with Crippen LogP contribution in [0.4, 0.5) is 5.82 Å². The van der Waals surface area contributed by atoms with Gasteiger partial charge in [-0.1, -0.05) is 24.3 Å². The Balaban J connectivity index is 2.14. The molecule has 0 aliphatic carbocycles. The standard InChI is InChI=1S/C17H20N4O4S/c18-12-17(23)21(26(24,25)14-8-2-1-3-9-14)16(22)11-5-7-13-6-4-10-15(19)20-13/h1-4,6,8-10H,5,7,11-12,18H2,(H2,19,20). The van der Waals surface area contributed by atoms with Crippen molar-refractivity contribution in [2.45, 2.75) is 24.2 Å². The number of nitrogens with zero attached hydrogens (tertiary/aromatic N) is 2. The number of nitrogens with two attached hydrogens (primary N) is 2. The van der Waals surface area contributed by atoms with Crippen LogP contribution in [0.2, 0.25) is 0 Å². The van der Waals surface area contributed by atoms with Gasteiger partial charge in [-0.25, -0.2) is 13.4 Å². The zero-order chi connectivity index (χ0) is 19.2. The molecule has 2 amide bonds. The van der Waals surface area contributed by atoms with E-state index >= 15 is 0 Å². The third-order valence-corrected chi connectivity index (χ3v) is 5.32. The van der Waals surface area contributed by atoms with E-state index in [2.05, 4.69) is 4.98 Å². The fourth-order valence-electron chi connectivity index (χ4n) is 2.35. The van der Waals surface area contributed by atoms with Gasteiger partial charge >= 0.3 is 0 Å². The maximum Gasteiger partial charge on any atom is 0.273 e. The number of benzene rings is 1. The van der Waals surface area contributed by atoms with Crippen LogP contribution >= 0.6 is 0 Å². The maximum absolute atomic E-state index is 12.7. The number of sulfonamides is 1. The third-order valence-electron chi connectivity index (χ3n) is 3.56. The molecule has 0 saturated heterocycles. The Kier molecular flexibility index (Phi) is 6.42. The van der Waals surface area contributed by atoms with Gasteiger partial charge in [0.15, 0.2) is 0 Å². The molecule has 2 rings (SSSR count). The zero-order valence-corrected chi connectivity index (χ0v) is 14.9. The van der Waals surface area contributed by atoms with E-state index in [1.807, 2.05) is 0 Å². The van der Waals surface area contributed by atoms with Crippen LogP contribution in [0.3, 0.4) is 0 Å². The highest BCUT2D eigenvalue weighted by Crippen LogP contribution is 2.17. The molecule has 4 N–H and O–H groups in total. The number of pyridine rings is 1. The van der Waals surface area contributed by atoms with Gasteiger partial charge in [0, 0.05) is 12.1 Å². The number of anilines is 1. The molecular weight excluding hydrogens is 356 g/mol. The zero-order valence-electron chi connectivity index (χ0n) is 14.0. The summed E-state index contributed by atoms with van der Waals surface area (Å²) in [6, 6.07) is 12.4. The lowest BCUT2D eigenvalue weighted by molar-refractivity contribution is -0.137. The predicted molar refractivity (Wildman–Crippen MR) is 96.1 cm³/mol. The number of hydrogen-bond donors (Lipinski definition) is 2. The number of imide groups is 1. The summed E-state index contributed by atoms with van der Waals surface area (Å²) in [7, 11) is -4.29. The van der Waals surface area contributed by atoms with Gasteiger partial charge in [0.1, 0.15) is 5.82 Å². The quantitative estimate of drug-likeness (QED) is 0.725. The van der Waals surface area contributed by atoms with E-state index in [1.165, 1.54) is 24.3 Å². The molecule has 26 heavy (non-hydrogen) atoms. The van der Waals surface area contributed by atoms with E-state index in [0.717, 1.165) is 0 Å². The average molecular weight is 376 g/mol. The summed E-state index contributed by atoms with van der Waals surface area (Å²) in [4.78, 5) is 28.4. The molecule has 0 aliphatic heterocycles. The summed E-state index contributed by atoms with van der Waals surface area (Å²) in [5.41, 5.74) is 11.6. The van der Waals surface area contributed by atoms with Gasteiger partial charge in [-0.05, 0) is 37.1 Å². The Bertz CT molecular complexity index is 885. The minimum absolute atomic E-state index is 0.145. The van der Waals surface area contributed by atoms with Gasteiger partial charge in [-0.3, -0.25) is 9.59 Å². The number of nitrogen functional groups attached to an aromatic ring is 1. The lowest BCUT2D eigenvalue weighted by Crippen LogP contribution is -2.44. The fraction of sp³-hybridized carbons (Fsp3) is 0.235. The van der Waals surface area contributed by atoms with E-state index in [4.69, 9.17) is 11.5 Å². The van der Waals surface area contributed by atoms with Crippen molar-refractivity contribution in [1.82, 2.24) is 9.29 Å². The maximum atomic E-state index is 12.7. The Morgan fingerprint density at radius 3 is 2.31 bits per heavy atom. The molecule has 1 heterocycles. The molecule has 0 unspecified atom stereocenters. The van der Waals surface area contributed by atoms with Crippen molar-refractivity contribution >= 4 is 27.7 Å². The first kappa shape index (κ1) is 19.5. The Morgan fingerprint density at radius 1 is 1.00 bits per heavy atom. The van der Waals surface area contributed by atoms with Crippen molar-refractivity contribution in [3.63, 3.8) is 0 Å². The highest BCUT2D eigenvalue weighted by molar-refractivity contribution is 7.90. The van der Waals surface area contributed by atoms with Crippen LogP contribution in [0.15, 0.2) is 53.4 Å². The highest BCUT2D eigenvalue weighted by Gasteiger charge is 2.33. The van der Waals surface area contributed by atoms with Crippen molar-refractivity contribution in [1.29, 1.82) is 0 Å². The first-order valence-corrected chi connectivity index (χ1v) is 9.38. The lowest BCUT2D eigenvalue weighted by atomic mass is 10.1. The first-order valence-electron chi connectivity index (χ1n) is 7.93. The normalized spacial score (nSPS) is 11.1. The van der Waals surface area contributed by atoms with Crippen LogP contribution in [0.25, 0.3) is 0 Å². The molecule has 138 valence electrons. The van der Waals surface area contributed by atoms with Crippen LogP contribution in [-0.2, 0) is 26.0 Å². The summed E-state index contributed by atoms with van der Waals surface area (Å²) >= 11 is 0. The van der Waals surface area contributed by atoms with Crippen molar-refractivity contribution in [3.8, 4) is 0 Å². The monoisotopic (exact) mass is 376 g/mol. The van der Waals surface area contributed by atoms with Gasteiger partial charge in [-0.2, -0.15) is 4.31 Å². The van der Waals surface area contributed by atoms with Crippen LogP contribution < -0.4 is 11.5 Å². The molecule has 1 aromatic carbocycles. The largest absolute Gasteiger partial charge is 0.384 e. The minimum atomic E-state index is -4.29. The number of aryl methyl sites for hydroxylation is 1. The summed E-state index contributed by atoms with van der Waals surface area (Å²) in [5.74, 6) is -1.44. The van der Waals surface area contributed by atoms with Gasteiger partial charge in [-0.15, -0.1) is 0 Å². The topological polar surface area (TPSA) is 136 Å². The van der Waals surface area contributed by atoms with E-state index in [1.54, 1.807) is 24.3 Å². The molecule has 9 heteroatoms. The number of carbonyl (C=O) groups is 2. The molecule has 0 spiro atoms. The van der Waals surface area contributed by atoms with Crippen LogP contribution in [-0.4, -0.2) is 36.1 Å². The fourth-order valence-corrected chi connectivity index (χ4v) is 3.76. The third kappa shape index (κ3) is 4.64. The Hall–Kier alpha value is -2.78. The summed E-state index contributed by atoms with van der Waals surface area (Å²) in [6.07, 6.45) is 0.592. The number of rotatable bonds is 7. The minimum Gasteiger partial charge on any atom is -0.384 e. The van der Waals surface area contributed by atoms with Gasteiger partial charge < -0.3 is 11.5 Å². The SMILES string of the molecule is NCC(=O)N(C(=O)CCCc1cccc(N)n1)S(=O)(=O)c1ccccc1. The molecule has 0 saturated carbocycles. The van der Waals surface area contributed by atoms with Crippen LogP contribution in [0.1, 0.15) is 18.5 Å². The molecule has 1 aromatic heterocycles. The lowest BCUT2D eigenvalue weighted by Gasteiger charge is -2.20. The van der Waals surface area contributed by atoms with Crippen molar-refractivity contribution < 1.29 is 18.0 Å². The summed E-state index contributed by atoms with van der Waals surface area (Å²) in [6.45, 7) is -0.589. The van der Waals surface area contributed by atoms with Crippen molar-refractivity contribution in [2.24, 2.45) is 5.73 Å². The van der Waals surface area contributed by atoms with Crippen molar-refractivity contribution in [3.05, 3.63) is 54.2 Å². The molecule has 0 radical (unpaired) electrons. The van der Waals surface area contributed by atoms with E-state index in [-0.39, 0.29) is 15.6 Å². The van der Waals surface area contributed by atoms with Gasteiger partial charge in [0.25, 0.3) is 15.9 Å². The van der Waals surface area contributed by atoms with Gasteiger partial charge in [0.2, 0.25) is 5.91 Å². The number of hydrogen-bond acceptors (Lipinski definition) is 7. The molecule has 2 aromatic rings. The van der Waals surface area contributed by atoms with Crippen molar-refractivity contribution in [2.75, 3.05) is 12.3 Å². The molecule has 0 aliphatic rings. The van der Waals surface area contributed by atoms with E-state index < -0.39 is 28.4 Å². The summed E-state index contributed by atoms with van der Waals surface area (Å²) < 4.78 is 25.6. The summed E-state index contributed by atoms with van der Waals surface area (Å²) in [5, 5.41) is 0. The molecule has 0 bridgehead atoms. The molecule has 0 fully saturated rings. The van der Waals surface area contributed by atoms with Crippen LogP contribution in [0, 0.1) is 0 Å². The number of carbonyl (C=O) groups excluding carboxylic acids is 2. The number of amides is 2. The smallest absolute Gasteiger partial charge is 0.273 e. The van der Waals surface area contributed by atoms with Crippen LogP contribution in [0.5, 0.6) is 0 Å². The van der Waals surface area contributed by atoms with Gasteiger partial charge in [0.05, 0.1) is 11.4 Å². The molecule has 0 atom stereocenters. The Morgan fingerprint density at radius 2 is 1.69 bits per heavy atom. The van der Waals surface area contributed by atoms with E-state index in [9.17, 15) is 18.0 Å². The van der Waals surface area contributed by atoms with E-state index in [0.29, 0.717) is 24.4 Å². The predicted octanol–water partition coefficient (Wildman–Crippen LogP) is 0.689. The second-order valence-electron chi connectivity index (χ2n) is 5.48. The first-order chi connectivity index (χ1) is 12.4. The average Bonchev–Trinajstić information content (AvgIpc) is 2.62. The Labute approximate surface area is 151 Å². The second-order valence-corrected chi connectivity index (χ2v) is 7.27. The highest BCUT2D eigenvalue weighted by atomic mass is 32.2. The number of aromatic nitrogens is 1. The molecular formula is C17H20N4O4S.